The molecule has 19 heavy (non-hydrogen) atoms. The van der Waals surface area contributed by atoms with E-state index in [9.17, 15) is 0 Å². The van der Waals surface area contributed by atoms with Crippen molar-refractivity contribution < 1.29 is 4.74 Å². The van der Waals surface area contributed by atoms with Gasteiger partial charge in [0.25, 0.3) is 0 Å². The van der Waals surface area contributed by atoms with E-state index >= 15 is 0 Å². The van der Waals surface area contributed by atoms with E-state index in [4.69, 9.17) is 17.0 Å². The third kappa shape index (κ3) is 2.28. The maximum atomic E-state index is 5.82. The van der Waals surface area contributed by atoms with Crippen LogP contribution in [0.1, 0.15) is 0 Å². The highest BCUT2D eigenvalue weighted by Gasteiger charge is 2.39. The number of benzene rings is 1. The molecule has 1 aromatic carbocycles. The first-order valence-corrected chi connectivity index (χ1v) is 7.02. The topological polar surface area (TPSA) is 19.0 Å². The van der Waals surface area contributed by atoms with Gasteiger partial charge < -0.3 is 19.4 Å². The van der Waals surface area contributed by atoms with Gasteiger partial charge in [0.1, 0.15) is 12.4 Å². The van der Waals surface area contributed by atoms with Crippen LogP contribution in [0.25, 0.3) is 0 Å². The lowest BCUT2D eigenvalue weighted by Gasteiger charge is -2.31. The van der Waals surface area contributed by atoms with E-state index in [1.165, 1.54) is 0 Å². The van der Waals surface area contributed by atoms with E-state index < -0.39 is 0 Å². The van der Waals surface area contributed by atoms with Crippen molar-refractivity contribution in [3.8, 4) is 5.75 Å². The molecule has 1 saturated heterocycles. The number of fused-ring (bicyclic) bond motifs is 3. The molecule has 5 heteroatoms. The Labute approximate surface area is 119 Å². The molecule has 102 valence electrons. The van der Waals surface area contributed by atoms with E-state index in [1.54, 1.807) is 0 Å². The van der Waals surface area contributed by atoms with Crippen molar-refractivity contribution in [3.05, 3.63) is 24.3 Å². The summed E-state index contributed by atoms with van der Waals surface area (Å²) in [6, 6.07) is 8.49. The molecule has 0 amide bonds. The Bertz CT molecular complexity index is 491. The summed E-state index contributed by atoms with van der Waals surface area (Å²) in [5.74, 6) is 0.940. The van der Waals surface area contributed by atoms with Gasteiger partial charge in [-0.15, -0.1) is 0 Å². The van der Waals surface area contributed by atoms with Crippen molar-refractivity contribution in [1.29, 1.82) is 0 Å². The lowest BCUT2D eigenvalue weighted by Crippen LogP contribution is -2.41. The second kappa shape index (κ2) is 4.98. The summed E-state index contributed by atoms with van der Waals surface area (Å²) in [5, 5.41) is 0.933. The number of hydrogen-bond acceptors (Lipinski definition) is 3. The van der Waals surface area contributed by atoms with Crippen molar-refractivity contribution in [2.45, 2.75) is 6.04 Å². The van der Waals surface area contributed by atoms with Crippen LogP contribution in [0.2, 0.25) is 0 Å². The summed E-state index contributed by atoms with van der Waals surface area (Å²) in [7, 11) is 4.18. The molecule has 1 atom stereocenters. The smallest absolute Gasteiger partial charge is 0.176 e. The molecule has 1 unspecified atom stereocenters. The molecule has 0 aromatic heterocycles. The van der Waals surface area contributed by atoms with Gasteiger partial charge in [-0.3, -0.25) is 0 Å². The monoisotopic (exact) mass is 277 g/mol. The van der Waals surface area contributed by atoms with Crippen LogP contribution >= 0.6 is 12.2 Å². The van der Waals surface area contributed by atoms with Crippen LogP contribution in [0.3, 0.4) is 0 Å². The predicted molar refractivity (Wildman–Crippen MR) is 80.9 cm³/mol. The summed E-state index contributed by atoms with van der Waals surface area (Å²) >= 11 is 5.64. The minimum Gasteiger partial charge on any atom is -0.489 e. The van der Waals surface area contributed by atoms with Crippen molar-refractivity contribution in [1.82, 2.24) is 9.80 Å². The van der Waals surface area contributed by atoms with Crippen molar-refractivity contribution >= 4 is 23.0 Å². The number of anilines is 1. The number of hydrogen-bond donors (Lipinski definition) is 0. The molecule has 0 saturated carbocycles. The summed E-state index contributed by atoms with van der Waals surface area (Å²) < 4.78 is 5.82. The van der Waals surface area contributed by atoms with Crippen LogP contribution in [0.5, 0.6) is 5.75 Å². The number of rotatable bonds is 3. The molecule has 0 bridgehead atoms. The number of para-hydroxylation sites is 2. The summed E-state index contributed by atoms with van der Waals surface area (Å²) in [4.78, 5) is 6.72. The normalized spacial score (nSPS) is 21.4. The number of likely N-dealkylation sites (N-methyl/N-ethyl adjacent to an activating group) is 1. The molecule has 2 aliphatic rings. The van der Waals surface area contributed by atoms with Gasteiger partial charge in [-0.25, -0.2) is 0 Å². The third-order valence-corrected chi connectivity index (χ3v) is 4.10. The average molecular weight is 277 g/mol. The fourth-order valence-electron chi connectivity index (χ4n) is 2.62. The quantitative estimate of drug-likeness (QED) is 0.776. The molecular weight excluding hydrogens is 258 g/mol. The van der Waals surface area contributed by atoms with Crippen LogP contribution in [-0.4, -0.2) is 61.3 Å². The number of thiocarbonyl (C=S) groups is 1. The highest BCUT2D eigenvalue weighted by Crippen LogP contribution is 2.37. The van der Waals surface area contributed by atoms with Gasteiger partial charge in [0, 0.05) is 19.6 Å². The zero-order chi connectivity index (χ0) is 13.4. The highest BCUT2D eigenvalue weighted by atomic mass is 32.1. The molecule has 1 aromatic rings. The molecule has 4 nitrogen and oxygen atoms in total. The molecule has 0 N–H and O–H groups in total. The molecule has 1 fully saturated rings. The molecular formula is C14H19N3OS. The Morgan fingerprint density at radius 1 is 1.37 bits per heavy atom. The maximum Gasteiger partial charge on any atom is 0.176 e. The van der Waals surface area contributed by atoms with Gasteiger partial charge in [-0.05, 0) is 38.4 Å². The molecule has 2 heterocycles. The van der Waals surface area contributed by atoms with Gasteiger partial charge >= 0.3 is 0 Å². The van der Waals surface area contributed by atoms with Crippen LogP contribution < -0.4 is 9.64 Å². The Morgan fingerprint density at radius 2 is 2.16 bits per heavy atom. The zero-order valence-electron chi connectivity index (χ0n) is 11.4. The second-order valence-corrected chi connectivity index (χ2v) is 5.70. The van der Waals surface area contributed by atoms with Crippen LogP contribution in [0, 0.1) is 0 Å². The molecule has 3 rings (SSSR count). The van der Waals surface area contributed by atoms with E-state index in [0.717, 1.165) is 42.8 Å². The first kappa shape index (κ1) is 12.7. The number of ether oxygens (including phenoxy) is 1. The van der Waals surface area contributed by atoms with Gasteiger partial charge in [0.2, 0.25) is 0 Å². The molecule has 0 spiro atoms. The van der Waals surface area contributed by atoms with Crippen molar-refractivity contribution in [3.63, 3.8) is 0 Å². The average Bonchev–Trinajstić information content (AvgIpc) is 2.73. The van der Waals surface area contributed by atoms with Gasteiger partial charge in [0.15, 0.2) is 5.11 Å². The standard InChI is InChI=1S/C14H19N3OS/c1-15(2)7-8-16-9-11-10-18-13-6-4-3-5-12(13)17(11)14(16)19/h3-6,11H,7-10H2,1-2H3. The SMILES string of the molecule is CN(C)CCN1CC2COc3ccccc3N2C1=S. The second-order valence-electron chi connectivity index (χ2n) is 5.33. The zero-order valence-corrected chi connectivity index (χ0v) is 12.2. The maximum absolute atomic E-state index is 5.82. The van der Waals surface area contributed by atoms with Gasteiger partial charge in [0.05, 0.1) is 11.7 Å². The summed E-state index contributed by atoms with van der Waals surface area (Å²) in [6.07, 6.45) is 0. The van der Waals surface area contributed by atoms with Crippen LogP contribution in [0.4, 0.5) is 5.69 Å². The Morgan fingerprint density at radius 3 is 2.95 bits per heavy atom. The minimum absolute atomic E-state index is 0.351. The fraction of sp³-hybridized carbons (Fsp3) is 0.500. The Kier molecular flexibility index (Phi) is 3.33. The van der Waals surface area contributed by atoms with Crippen LogP contribution in [0.15, 0.2) is 24.3 Å². The van der Waals surface area contributed by atoms with Crippen LogP contribution in [-0.2, 0) is 0 Å². The van der Waals surface area contributed by atoms with E-state index in [1.807, 2.05) is 18.2 Å². The Hall–Kier alpha value is -1.33. The summed E-state index contributed by atoms with van der Waals surface area (Å²) in [5.41, 5.74) is 1.11. The van der Waals surface area contributed by atoms with E-state index in [0.29, 0.717) is 6.04 Å². The van der Waals surface area contributed by atoms with E-state index in [-0.39, 0.29) is 0 Å². The number of nitrogens with zero attached hydrogens (tertiary/aromatic N) is 3. The lowest BCUT2D eigenvalue weighted by molar-refractivity contribution is 0.262. The molecule has 0 aliphatic carbocycles. The third-order valence-electron chi connectivity index (χ3n) is 3.65. The Balaban J connectivity index is 1.81. The van der Waals surface area contributed by atoms with Gasteiger partial charge in [-0.1, -0.05) is 12.1 Å². The van der Waals surface area contributed by atoms with Gasteiger partial charge in [-0.2, -0.15) is 0 Å². The largest absolute Gasteiger partial charge is 0.489 e. The lowest BCUT2D eigenvalue weighted by atomic mass is 10.2. The fourth-order valence-corrected chi connectivity index (χ4v) is 3.03. The first-order valence-electron chi connectivity index (χ1n) is 6.61. The van der Waals surface area contributed by atoms with Crippen molar-refractivity contribution in [2.75, 3.05) is 45.2 Å². The minimum atomic E-state index is 0.351. The van der Waals surface area contributed by atoms with E-state index in [2.05, 4.69) is 34.9 Å². The molecule has 0 radical (unpaired) electrons. The first-order chi connectivity index (χ1) is 9.16. The highest BCUT2D eigenvalue weighted by molar-refractivity contribution is 7.80. The molecule has 2 aliphatic heterocycles. The predicted octanol–water partition coefficient (Wildman–Crippen LogP) is 1.42. The van der Waals surface area contributed by atoms with Crippen molar-refractivity contribution in [2.24, 2.45) is 0 Å². The summed E-state index contributed by atoms with van der Waals surface area (Å²) in [6.45, 7) is 3.67.